The van der Waals surface area contributed by atoms with Crippen LogP contribution in [-0.2, 0) is 4.79 Å². The second kappa shape index (κ2) is 5.95. The zero-order valence-electron chi connectivity index (χ0n) is 14.9. The van der Waals surface area contributed by atoms with Crippen LogP contribution in [0.1, 0.15) is 58.2 Å². The van der Waals surface area contributed by atoms with Crippen molar-refractivity contribution in [1.29, 1.82) is 0 Å². The fourth-order valence-corrected chi connectivity index (χ4v) is 4.37. The number of nitrogens with zero attached hydrogens (tertiary/aromatic N) is 1. The molecule has 3 atom stereocenters. The molecular formula is C19H25N2O3+. The third-order valence-corrected chi connectivity index (χ3v) is 5.04. The van der Waals surface area contributed by atoms with E-state index in [0.717, 1.165) is 11.3 Å². The maximum absolute atomic E-state index is 12.8. The lowest BCUT2D eigenvalue weighted by atomic mass is 9.83. The standard InChI is InChI=1S/C19H24N2O3/c1-7-14-8-9-17-15(11-14)16(20-18(23)24)10-12(2)21(17,13(3)22)19(4,5)6/h1,8-9,11-12,16,20H,10H2,2-6H3/p+1/t12-,16+,21?/m0/s1. The lowest BCUT2D eigenvalue weighted by Gasteiger charge is -2.53. The summed E-state index contributed by atoms with van der Waals surface area (Å²) in [5.41, 5.74) is 1.92. The largest absolute Gasteiger partial charge is 0.465 e. The first-order chi connectivity index (χ1) is 11.1. The van der Waals surface area contributed by atoms with E-state index < -0.39 is 6.09 Å². The molecule has 0 saturated carbocycles. The van der Waals surface area contributed by atoms with E-state index in [4.69, 9.17) is 6.42 Å². The van der Waals surface area contributed by atoms with Crippen LogP contribution in [0.2, 0.25) is 0 Å². The van der Waals surface area contributed by atoms with Gasteiger partial charge >= 0.3 is 12.0 Å². The molecule has 5 nitrogen and oxygen atoms in total. The molecule has 0 fully saturated rings. The van der Waals surface area contributed by atoms with Crippen LogP contribution < -0.4 is 9.80 Å². The summed E-state index contributed by atoms with van der Waals surface area (Å²) in [6.45, 7) is 9.71. The smallest absolute Gasteiger partial charge is 0.405 e. The molecule has 1 unspecified atom stereocenters. The fourth-order valence-electron chi connectivity index (χ4n) is 4.37. The van der Waals surface area contributed by atoms with Gasteiger partial charge in [-0.15, -0.1) is 6.42 Å². The molecule has 5 heteroatoms. The lowest BCUT2D eigenvalue weighted by Crippen LogP contribution is -2.71. The Labute approximate surface area is 143 Å². The van der Waals surface area contributed by atoms with Gasteiger partial charge in [0.2, 0.25) is 0 Å². The van der Waals surface area contributed by atoms with E-state index in [1.165, 1.54) is 0 Å². The Morgan fingerprint density at radius 2 is 2.00 bits per heavy atom. The van der Waals surface area contributed by atoms with Gasteiger partial charge in [-0.1, -0.05) is 5.92 Å². The van der Waals surface area contributed by atoms with E-state index in [9.17, 15) is 14.7 Å². The molecule has 0 spiro atoms. The van der Waals surface area contributed by atoms with E-state index in [1.807, 2.05) is 45.9 Å². The van der Waals surface area contributed by atoms with Crippen molar-refractivity contribution in [2.45, 2.75) is 58.7 Å². The van der Waals surface area contributed by atoms with Crippen LogP contribution in [0.25, 0.3) is 0 Å². The van der Waals surface area contributed by atoms with Crippen LogP contribution in [0, 0.1) is 12.3 Å². The van der Waals surface area contributed by atoms with Gasteiger partial charge in [0, 0.05) is 23.6 Å². The van der Waals surface area contributed by atoms with Crippen molar-refractivity contribution in [2.24, 2.45) is 0 Å². The predicted molar refractivity (Wildman–Crippen MR) is 94.6 cm³/mol. The molecule has 0 saturated heterocycles. The molecule has 0 radical (unpaired) electrons. The van der Waals surface area contributed by atoms with Crippen LogP contribution in [0.15, 0.2) is 18.2 Å². The molecule has 1 aliphatic rings. The van der Waals surface area contributed by atoms with E-state index in [1.54, 1.807) is 6.92 Å². The molecule has 1 aromatic rings. The van der Waals surface area contributed by atoms with Crippen molar-refractivity contribution in [3.8, 4) is 12.3 Å². The number of hydrogen-bond acceptors (Lipinski definition) is 2. The summed E-state index contributed by atoms with van der Waals surface area (Å²) in [4.78, 5) is 24.0. The van der Waals surface area contributed by atoms with Gasteiger partial charge < -0.3 is 10.4 Å². The maximum Gasteiger partial charge on any atom is 0.405 e. The summed E-state index contributed by atoms with van der Waals surface area (Å²) in [6.07, 6.45) is 4.96. The average Bonchev–Trinajstić information content (AvgIpc) is 2.44. The van der Waals surface area contributed by atoms with Gasteiger partial charge in [-0.2, -0.15) is 0 Å². The molecule has 128 valence electrons. The summed E-state index contributed by atoms with van der Waals surface area (Å²) in [5.74, 6) is 2.63. The van der Waals surface area contributed by atoms with Crippen molar-refractivity contribution in [1.82, 2.24) is 9.80 Å². The van der Waals surface area contributed by atoms with Gasteiger partial charge in [0.25, 0.3) is 0 Å². The minimum absolute atomic E-state index is 0.0403. The molecule has 2 N–H and O–H groups in total. The van der Waals surface area contributed by atoms with Crippen molar-refractivity contribution < 1.29 is 14.7 Å². The van der Waals surface area contributed by atoms with Crippen molar-refractivity contribution in [2.75, 3.05) is 0 Å². The number of amides is 2. The Morgan fingerprint density at radius 3 is 2.46 bits per heavy atom. The molecule has 1 heterocycles. The first-order valence-corrected chi connectivity index (χ1v) is 8.06. The predicted octanol–water partition coefficient (Wildman–Crippen LogP) is 3.42. The molecular weight excluding hydrogens is 304 g/mol. The lowest BCUT2D eigenvalue weighted by molar-refractivity contribution is -0.136. The quantitative estimate of drug-likeness (QED) is 0.613. The zero-order valence-corrected chi connectivity index (χ0v) is 14.9. The van der Waals surface area contributed by atoms with E-state index in [0.29, 0.717) is 12.0 Å². The number of fused-ring (bicyclic) bond motifs is 1. The van der Waals surface area contributed by atoms with E-state index in [-0.39, 0.29) is 28.0 Å². The first kappa shape index (κ1) is 18.0. The van der Waals surface area contributed by atoms with Gasteiger partial charge in [-0.05, 0) is 39.8 Å². The number of terminal acetylenes is 1. The summed E-state index contributed by atoms with van der Waals surface area (Å²) >= 11 is 0. The fraction of sp³-hybridized carbons (Fsp3) is 0.474. The molecule has 0 aliphatic carbocycles. The van der Waals surface area contributed by atoms with Crippen molar-refractivity contribution in [3.05, 3.63) is 29.3 Å². The van der Waals surface area contributed by atoms with Crippen LogP contribution >= 0.6 is 0 Å². The van der Waals surface area contributed by atoms with Gasteiger partial charge in [0.1, 0.15) is 17.3 Å². The third kappa shape index (κ3) is 2.57. The molecule has 2 rings (SSSR count). The highest BCUT2D eigenvalue weighted by molar-refractivity contribution is 5.90. The molecule has 1 aliphatic heterocycles. The van der Waals surface area contributed by atoms with Gasteiger partial charge in [-0.3, -0.25) is 0 Å². The highest BCUT2D eigenvalue weighted by Crippen LogP contribution is 2.47. The molecule has 2 amide bonds. The maximum atomic E-state index is 12.8. The topological polar surface area (TPSA) is 66.4 Å². The summed E-state index contributed by atoms with van der Waals surface area (Å²) < 4.78 is 0.172. The average molecular weight is 329 g/mol. The number of nitrogens with one attached hydrogen (secondary N) is 1. The van der Waals surface area contributed by atoms with Gasteiger partial charge in [-0.25, -0.2) is 14.1 Å². The number of carboxylic acid groups (broad SMARTS) is 1. The molecule has 24 heavy (non-hydrogen) atoms. The number of quaternary nitrogens is 1. The first-order valence-electron chi connectivity index (χ1n) is 8.06. The van der Waals surface area contributed by atoms with Gasteiger partial charge in [0.15, 0.2) is 0 Å². The number of rotatable bonds is 1. The Kier molecular flexibility index (Phi) is 4.47. The number of carbonyl (C=O) groups is 2. The second-order valence-electron chi connectivity index (χ2n) is 7.42. The Morgan fingerprint density at radius 1 is 1.38 bits per heavy atom. The highest BCUT2D eigenvalue weighted by atomic mass is 16.4. The third-order valence-electron chi connectivity index (χ3n) is 5.04. The highest BCUT2D eigenvalue weighted by Gasteiger charge is 2.55. The van der Waals surface area contributed by atoms with Crippen LogP contribution in [0.4, 0.5) is 10.5 Å². The van der Waals surface area contributed by atoms with Crippen molar-refractivity contribution in [3.63, 3.8) is 0 Å². The summed E-state index contributed by atoms with van der Waals surface area (Å²) in [6, 6.07) is 5.07. The normalized spacial score (nSPS) is 26.2. The van der Waals surface area contributed by atoms with E-state index >= 15 is 0 Å². The van der Waals surface area contributed by atoms with Crippen molar-refractivity contribution >= 4 is 17.7 Å². The SMILES string of the molecule is C#Cc1ccc2c(c1)[C@H](NC(=O)O)C[C@H](C)[N+]2(C(C)=O)C(C)(C)C. The number of hydrogen-bond donors (Lipinski definition) is 2. The van der Waals surface area contributed by atoms with Crippen LogP contribution in [0.5, 0.6) is 0 Å². The van der Waals surface area contributed by atoms with E-state index in [2.05, 4.69) is 11.2 Å². The van der Waals surface area contributed by atoms with Crippen LogP contribution in [-0.4, -0.2) is 28.7 Å². The Hall–Kier alpha value is -2.32. The van der Waals surface area contributed by atoms with Gasteiger partial charge in [0.05, 0.1) is 13.0 Å². The Bertz CT molecular complexity index is 727. The summed E-state index contributed by atoms with van der Waals surface area (Å²) in [7, 11) is 0. The zero-order chi connectivity index (χ0) is 18.3. The molecule has 0 bridgehead atoms. The molecule has 0 aromatic heterocycles. The Balaban J connectivity index is 2.80. The minimum Gasteiger partial charge on any atom is -0.465 e. The summed E-state index contributed by atoms with van der Waals surface area (Å²) in [5, 5.41) is 11.8. The molecule has 1 aromatic carbocycles. The number of carbonyl (C=O) groups excluding carboxylic acids is 1. The minimum atomic E-state index is -1.08. The number of benzene rings is 1. The second-order valence-corrected chi connectivity index (χ2v) is 7.42. The monoisotopic (exact) mass is 329 g/mol. The van der Waals surface area contributed by atoms with Crippen LogP contribution in [0.3, 0.4) is 0 Å².